The number of carbonyl (C=O) groups excluding carboxylic acids is 1. The first-order chi connectivity index (χ1) is 10.2. The van der Waals surface area contributed by atoms with Gasteiger partial charge in [0.05, 0.1) is 6.04 Å². The van der Waals surface area contributed by atoms with Crippen LogP contribution in [0.1, 0.15) is 42.2 Å². The van der Waals surface area contributed by atoms with Crippen molar-refractivity contribution >= 4 is 5.91 Å². The van der Waals surface area contributed by atoms with Crippen LogP contribution in [0.5, 0.6) is 0 Å². The Morgan fingerprint density at radius 2 is 1.57 bits per heavy atom. The van der Waals surface area contributed by atoms with Crippen molar-refractivity contribution in [1.82, 2.24) is 5.32 Å². The average Bonchev–Trinajstić information content (AvgIpc) is 2.52. The monoisotopic (exact) mass is 279 g/mol. The SMILES string of the molecule is CC(C)=CCC(NC(=O)c1ccccc1)c1ccccc1. The third kappa shape index (κ3) is 4.60. The zero-order valence-electron chi connectivity index (χ0n) is 12.5. The molecule has 0 aliphatic heterocycles. The van der Waals surface area contributed by atoms with Crippen LogP contribution in [0.25, 0.3) is 0 Å². The van der Waals surface area contributed by atoms with E-state index in [9.17, 15) is 4.79 Å². The molecule has 2 aromatic rings. The number of benzene rings is 2. The first kappa shape index (κ1) is 15.0. The minimum absolute atomic E-state index is 0.00574. The van der Waals surface area contributed by atoms with Crippen molar-refractivity contribution in [2.45, 2.75) is 26.3 Å². The molecule has 0 saturated carbocycles. The number of hydrogen-bond acceptors (Lipinski definition) is 1. The van der Waals surface area contributed by atoms with Crippen LogP contribution in [0.3, 0.4) is 0 Å². The Morgan fingerprint density at radius 1 is 1.00 bits per heavy atom. The van der Waals surface area contributed by atoms with E-state index in [-0.39, 0.29) is 11.9 Å². The maximum Gasteiger partial charge on any atom is 0.251 e. The van der Waals surface area contributed by atoms with Gasteiger partial charge in [-0.15, -0.1) is 0 Å². The molecular formula is C19H21NO. The normalized spacial score (nSPS) is 11.5. The Labute approximate surface area is 126 Å². The highest BCUT2D eigenvalue weighted by Crippen LogP contribution is 2.18. The Bertz CT molecular complexity index is 598. The molecule has 0 spiro atoms. The second kappa shape index (κ2) is 7.44. The lowest BCUT2D eigenvalue weighted by Crippen LogP contribution is -2.28. The predicted molar refractivity (Wildman–Crippen MR) is 87.1 cm³/mol. The summed E-state index contributed by atoms with van der Waals surface area (Å²) in [5.41, 5.74) is 3.07. The Hall–Kier alpha value is -2.35. The van der Waals surface area contributed by atoms with Gasteiger partial charge in [0.1, 0.15) is 0 Å². The average molecular weight is 279 g/mol. The standard InChI is InChI=1S/C19H21NO/c1-15(2)13-14-18(16-9-5-3-6-10-16)20-19(21)17-11-7-4-8-12-17/h3-13,18H,14H2,1-2H3,(H,20,21). The van der Waals surface area contributed by atoms with Crippen LogP contribution in [0, 0.1) is 0 Å². The molecule has 21 heavy (non-hydrogen) atoms. The summed E-state index contributed by atoms with van der Waals surface area (Å²) in [5.74, 6) is -0.0355. The van der Waals surface area contributed by atoms with Crippen LogP contribution in [-0.2, 0) is 0 Å². The fraction of sp³-hybridized carbons (Fsp3) is 0.211. The first-order valence-corrected chi connectivity index (χ1v) is 7.21. The molecule has 0 saturated heterocycles. The molecule has 1 unspecified atom stereocenters. The Balaban J connectivity index is 2.16. The number of carbonyl (C=O) groups is 1. The number of nitrogens with one attached hydrogen (secondary N) is 1. The van der Waals surface area contributed by atoms with Crippen molar-refractivity contribution in [3.05, 3.63) is 83.4 Å². The molecule has 1 amide bonds. The second-order valence-electron chi connectivity index (χ2n) is 5.32. The molecular weight excluding hydrogens is 258 g/mol. The van der Waals surface area contributed by atoms with Gasteiger partial charge >= 0.3 is 0 Å². The van der Waals surface area contributed by atoms with E-state index in [2.05, 4.69) is 37.4 Å². The van der Waals surface area contributed by atoms with Crippen molar-refractivity contribution in [3.63, 3.8) is 0 Å². The predicted octanol–water partition coefficient (Wildman–Crippen LogP) is 4.51. The van der Waals surface area contributed by atoms with Crippen LogP contribution in [0.4, 0.5) is 0 Å². The molecule has 0 aliphatic carbocycles. The molecule has 2 rings (SSSR count). The molecule has 0 bridgehead atoms. The summed E-state index contributed by atoms with van der Waals surface area (Å²) in [7, 11) is 0. The number of allylic oxidation sites excluding steroid dienone is 1. The summed E-state index contributed by atoms with van der Waals surface area (Å²) >= 11 is 0. The number of hydrogen-bond donors (Lipinski definition) is 1. The van der Waals surface area contributed by atoms with Crippen LogP contribution in [0.15, 0.2) is 72.3 Å². The third-order valence-corrected chi connectivity index (χ3v) is 3.31. The van der Waals surface area contributed by atoms with Crippen molar-refractivity contribution < 1.29 is 4.79 Å². The highest BCUT2D eigenvalue weighted by molar-refractivity contribution is 5.94. The summed E-state index contributed by atoms with van der Waals surface area (Å²) in [6.45, 7) is 4.14. The van der Waals surface area contributed by atoms with E-state index < -0.39 is 0 Å². The van der Waals surface area contributed by atoms with E-state index in [0.29, 0.717) is 5.56 Å². The summed E-state index contributed by atoms with van der Waals surface area (Å²) in [6, 6.07) is 19.4. The van der Waals surface area contributed by atoms with Gasteiger partial charge in [-0.3, -0.25) is 4.79 Å². The summed E-state index contributed by atoms with van der Waals surface area (Å²) in [6.07, 6.45) is 2.95. The molecule has 0 fully saturated rings. The van der Waals surface area contributed by atoms with Crippen molar-refractivity contribution in [2.24, 2.45) is 0 Å². The fourth-order valence-corrected chi connectivity index (χ4v) is 2.15. The van der Waals surface area contributed by atoms with E-state index in [4.69, 9.17) is 0 Å². The third-order valence-electron chi connectivity index (χ3n) is 3.31. The van der Waals surface area contributed by atoms with Crippen LogP contribution >= 0.6 is 0 Å². The lowest BCUT2D eigenvalue weighted by atomic mass is 10.0. The summed E-state index contributed by atoms with van der Waals surface area (Å²) in [5, 5.41) is 3.12. The van der Waals surface area contributed by atoms with E-state index in [1.807, 2.05) is 48.5 Å². The van der Waals surface area contributed by atoms with Gasteiger partial charge in [0.25, 0.3) is 5.91 Å². The number of amides is 1. The molecule has 2 nitrogen and oxygen atoms in total. The van der Waals surface area contributed by atoms with Gasteiger partial charge in [0.2, 0.25) is 0 Å². The van der Waals surface area contributed by atoms with Gasteiger partial charge in [-0.25, -0.2) is 0 Å². The minimum atomic E-state index is -0.0355. The molecule has 1 atom stereocenters. The van der Waals surface area contributed by atoms with E-state index in [0.717, 1.165) is 12.0 Å². The maximum absolute atomic E-state index is 12.3. The molecule has 108 valence electrons. The van der Waals surface area contributed by atoms with Gasteiger partial charge in [-0.05, 0) is 38.0 Å². The minimum Gasteiger partial charge on any atom is -0.345 e. The highest BCUT2D eigenvalue weighted by Gasteiger charge is 2.14. The first-order valence-electron chi connectivity index (χ1n) is 7.21. The largest absolute Gasteiger partial charge is 0.345 e. The van der Waals surface area contributed by atoms with Crippen LogP contribution in [0.2, 0.25) is 0 Å². The van der Waals surface area contributed by atoms with Crippen molar-refractivity contribution in [1.29, 1.82) is 0 Å². The number of rotatable bonds is 5. The zero-order valence-corrected chi connectivity index (χ0v) is 12.5. The molecule has 2 aromatic carbocycles. The lowest BCUT2D eigenvalue weighted by molar-refractivity contribution is 0.0937. The summed E-state index contributed by atoms with van der Waals surface area (Å²) in [4.78, 5) is 12.3. The van der Waals surface area contributed by atoms with E-state index in [1.54, 1.807) is 0 Å². The van der Waals surface area contributed by atoms with E-state index >= 15 is 0 Å². The Kier molecular flexibility index (Phi) is 5.33. The van der Waals surface area contributed by atoms with Crippen molar-refractivity contribution in [3.8, 4) is 0 Å². The van der Waals surface area contributed by atoms with Gasteiger partial charge in [-0.1, -0.05) is 60.2 Å². The fourth-order valence-electron chi connectivity index (χ4n) is 2.15. The van der Waals surface area contributed by atoms with Gasteiger partial charge in [-0.2, -0.15) is 0 Å². The van der Waals surface area contributed by atoms with Gasteiger partial charge in [0.15, 0.2) is 0 Å². The lowest BCUT2D eigenvalue weighted by Gasteiger charge is -2.18. The van der Waals surface area contributed by atoms with Crippen molar-refractivity contribution in [2.75, 3.05) is 0 Å². The smallest absolute Gasteiger partial charge is 0.251 e. The highest BCUT2D eigenvalue weighted by atomic mass is 16.1. The molecule has 2 heteroatoms. The molecule has 0 radical (unpaired) electrons. The van der Waals surface area contributed by atoms with Gasteiger partial charge < -0.3 is 5.32 Å². The van der Waals surface area contributed by atoms with E-state index in [1.165, 1.54) is 5.57 Å². The zero-order chi connectivity index (χ0) is 15.1. The van der Waals surface area contributed by atoms with Crippen LogP contribution in [-0.4, -0.2) is 5.91 Å². The topological polar surface area (TPSA) is 29.1 Å². The molecule has 1 N–H and O–H groups in total. The Morgan fingerprint density at radius 3 is 2.14 bits per heavy atom. The maximum atomic E-state index is 12.3. The second-order valence-corrected chi connectivity index (χ2v) is 5.32. The molecule has 0 aromatic heterocycles. The quantitative estimate of drug-likeness (QED) is 0.801. The molecule has 0 aliphatic rings. The summed E-state index contributed by atoms with van der Waals surface area (Å²) < 4.78 is 0. The molecule has 0 heterocycles. The van der Waals surface area contributed by atoms with Gasteiger partial charge in [0, 0.05) is 5.56 Å². The van der Waals surface area contributed by atoms with Crippen LogP contribution < -0.4 is 5.32 Å².